The highest BCUT2D eigenvalue weighted by Gasteiger charge is 2.25. The molecule has 1 aromatic carbocycles. The number of anilines is 1. The standard InChI is InChI=1S/C19H21FN4/c1-4-14-11(2)9-23-10-16(14)15-7-13-5-6-19(22)24(12(3)21)18(13)8-17(15)20/h7-10,21-22H,4-6H2,1-3H3. The van der Waals surface area contributed by atoms with Gasteiger partial charge in [-0.2, -0.15) is 0 Å². The maximum absolute atomic E-state index is 14.9. The first kappa shape index (κ1) is 16.3. The molecule has 0 unspecified atom stereocenters. The molecule has 1 aromatic heterocycles. The molecular weight excluding hydrogens is 303 g/mol. The van der Waals surface area contributed by atoms with Gasteiger partial charge in [0.2, 0.25) is 0 Å². The van der Waals surface area contributed by atoms with Crippen LogP contribution in [0.15, 0.2) is 24.5 Å². The number of aryl methyl sites for hydroxylation is 2. The lowest BCUT2D eigenvalue weighted by atomic mass is 9.92. The van der Waals surface area contributed by atoms with Gasteiger partial charge in [-0.25, -0.2) is 4.39 Å². The zero-order valence-corrected chi connectivity index (χ0v) is 14.2. The molecule has 124 valence electrons. The third-order valence-electron chi connectivity index (χ3n) is 4.56. The Morgan fingerprint density at radius 3 is 2.67 bits per heavy atom. The predicted octanol–water partition coefficient (Wildman–Crippen LogP) is 4.49. The molecule has 2 N–H and O–H groups in total. The summed E-state index contributed by atoms with van der Waals surface area (Å²) in [6.45, 7) is 5.67. The summed E-state index contributed by atoms with van der Waals surface area (Å²) in [5.74, 6) is 0.241. The summed E-state index contributed by atoms with van der Waals surface area (Å²) in [6, 6.07) is 3.32. The number of amidine groups is 2. The second-order valence-corrected chi connectivity index (χ2v) is 6.16. The number of fused-ring (bicyclic) bond motifs is 1. The van der Waals surface area contributed by atoms with Gasteiger partial charge >= 0.3 is 0 Å². The van der Waals surface area contributed by atoms with Gasteiger partial charge in [0.15, 0.2) is 0 Å². The average molecular weight is 324 g/mol. The zero-order valence-electron chi connectivity index (χ0n) is 14.2. The van der Waals surface area contributed by atoms with Gasteiger partial charge in [0.1, 0.15) is 17.5 Å². The Hall–Kier alpha value is -2.56. The van der Waals surface area contributed by atoms with Crippen molar-refractivity contribution in [3.05, 3.63) is 47.0 Å². The Morgan fingerprint density at radius 1 is 1.25 bits per heavy atom. The molecule has 0 fully saturated rings. The second kappa shape index (κ2) is 6.15. The molecule has 2 aromatic rings. The molecule has 2 heterocycles. The summed E-state index contributed by atoms with van der Waals surface area (Å²) in [5, 5.41) is 15.9. The van der Waals surface area contributed by atoms with Crippen LogP contribution in [0.25, 0.3) is 11.1 Å². The first-order valence-electron chi connectivity index (χ1n) is 8.13. The molecule has 0 amide bonds. The number of aromatic nitrogens is 1. The van der Waals surface area contributed by atoms with Gasteiger partial charge in [0, 0.05) is 29.9 Å². The summed E-state index contributed by atoms with van der Waals surface area (Å²) in [5.41, 5.74) is 5.13. The molecular formula is C19H21FN4. The van der Waals surface area contributed by atoms with Gasteiger partial charge in [0.05, 0.1) is 5.69 Å². The number of nitrogens with one attached hydrogen (secondary N) is 2. The van der Waals surface area contributed by atoms with E-state index in [2.05, 4.69) is 11.9 Å². The average Bonchev–Trinajstić information content (AvgIpc) is 2.53. The summed E-state index contributed by atoms with van der Waals surface area (Å²) < 4.78 is 14.9. The maximum atomic E-state index is 14.9. The third kappa shape index (κ3) is 2.60. The van der Waals surface area contributed by atoms with Gasteiger partial charge in [-0.1, -0.05) is 6.92 Å². The van der Waals surface area contributed by atoms with Crippen molar-refractivity contribution in [3.8, 4) is 11.1 Å². The Bertz CT molecular complexity index is 842. The van der Waals surface area contributed by atoms with Crippen molar-refractivity contribution in [2.75, 3.05) is 4.90 Å². The highest BCUT2D eigenvalue weighted by Crippen LogP contribution is 2.36. The first-order chi connectivity index (χ1) is 11.4. The molecule has 3 rings (SSSR count). The fourth-order valence-corrected chi connectivity index (χ4v) is 3.41. The first-order valence-corrected chi connectivity index (χ1v) is 8.13. The SMILES string of the molecule is CCc1c(C)cncc1-c1cc2c(cc1F)N(C(C)=N)C(=N)CC2. The van der Waals surface area contributed by atoms with Crippen LogP contribution in [-0.2, 0) is 12.8 Å². The Kier molecular flexibility index (Phi) is 4.18. The fourth-order valence-electron chi connectivity index (χ4n) is 3.41. The van der Waals surface area contributed by atoms with Crippen LogP contribution in [0, 0.1) is 23.6 Å². The molecule has 5 heteroatoms. The van der Waals surface area contributed by atoms with E-state index in [1.165, 1.54) is 11.0 Å². The van der Waals surface area contributed by atoms with E-state index in [4.69, 9.17) is 10.8 Å². The lowest BCUT2D eigenvalue weighted by molar-refractivity contribution is 0.630. The number of pyridine rings is 1. The summed E-state index contributed by atoms with van der Waals surface area (Å²) in [7, 11) is 0. The lowest BCUT2D eigenvalue weighted by Crippen LogP contribution is -2.38. The number of nitrogens with zero attached hydrogens (tertiary/aromatic N) is 2. The molecule has 24 heavy (non-hydrogen) atoms. The van der Waals surface area contributed by atoms with Crippen molar-refractivity contribution < 1.29 is 4.39 Å². The number of halogens is 1. The van der Waals surface area contributed by atoms with Gasteiger partial charge in [0.25, 0.3) is 0 Å². The monoisotopic (exact) mass is 324 g/mol. The van der Waals surface area contributed by atoms with Crippen molar-refractivity contribution in [2.24, 2.45) is 0 Å². The molecule has 0 atom stereocenters. The van der Waals surface area contributed by atoms with Crippen LogP contribution in [0.5, 0.6) is 0 Å². The van der Waals surface area contributed by atoms with Crippen LogP contribution in [0.4, 0.5) is 10.1 Å². The van der Waals surface area contributed by atoms with Crippen molar-refractivity contribution in [2.45, 2.75) is 40.0 Å². The number of hydrogen-bond acceptors (Lipinski definition) is 3. The van der Waals surface area contributed by atoms with Gasteiger partial charge in [-0.15, -0.1) is 0 Å². The van der Waals surface area contributed by atoms with E-state index >= 15 is 0 Å². The van der Waals surface area contributed by atoms with E-state index in [9.17, 15) is 4.39 Å². The minimum absolute atomic E-state index is 0.236. The molecule has 1 aliphatic heterocycles. The molecule has 1 aliphatic rings. The van der Waals surface area contributed by atoms with E-state index in [1.54, 1.807) is 19.3 Å². The van der Waals surface area contributed by atoms with Crippen LogP contribution in [-0.4, -0.2) is 16.7 Å². The van der Waals surface area contributed by atoms with Gasteiger partial charge < -0.3 is 0 Å². The second-order valence-electron chi connectivity index (χ2n) is 6.16. The largest absolute Gasteiger partial charge is 0.288 e. The summed E-state index contributed by atoms with van der Waals surface area (Å²) >= 11 is 0. The lowest BCUT2D eigenvalue weighted by Gasteiger charge is -2.31. The van der Waals surface area contributed by atoms with Crippen molar-refractivity contribution in [3.63, 3.8) is 0 Å². The number of hydrogen-bond donors (Lipinski definition) is 2. The normalized spacial score (nSPS) is 13.8. The zero-order chi connectivity index (χ0) is 17.4. The predicted molar refractivity (Wildman–Crippen MR) is 95.7 cm³/mol. The van der Waals surface area contributed by atoms with E-state index in [0.29, 0.717) is 29.9 Å². The summed E-state index contributed by atoms with van der Waals surface area (Å²) in [4.78, 5) is 5.75. The Morgan fingerprint density at radius 2 is 2.00 bits per heavy atom. The molecule has 4 nitrogen and oxygen atoms in total. The highest BCUT2D eigenvalue weighted by atomic mass is 19.1. The smallest absolute Gasteiger partial charge is 0.133 e. The minimum atomic E-state index is -0.336. The third-order valence-corrected chi connectivity index (χ3v) is 4.56. The van der Waals surface area contributed by atoms with Crippen LogP contribution >= 0.6 is 0 Å². The molecule has 0 saturated carbocycles. The van der Waals surface area contributed by atoms with Crippen LogP contribution in [0.2, 0.25) is 0 Å². The van der Waals surface area contributed by atoms with E-state index in [0.717, 1.165) is 28.7 Å². The Labute approximate surface area is 141 Å². The molecule has 0 radical (unpaired) electrons. The van der Waals surface area contributed by atoms with Crippen molar-refractivity contribution >= 4 is 17.4 Å². The van der Waals surface area contributed by atoms with Crippen LogP contribution in [0.3, 0.4) is 0 Å². The topological polar surface area (TPSA) is 63.8 Å². The van der Waals surface area contributed by atoms with Gasteiger partial charge in [-0.05, 0) is 55.5 Å². The molecule has 0 saturated heterocycles. The molecule has 0 bridgehead atoms. The van der Waals surface area contributed by atoms with Crippen molar-refractivity contribution in [1.82, 2.24) is 4.98 Å². The van der Waals surface area contributed by atoms with E-state index in [-0.39, 0.29) is 11.7 Å². The summed E-state index contributed by atoms with van der Waals surface area (Å²) in [6.07, 6.45) is 5.59. The Balaban J connectivity index is 2.19. The van der Waals surface area contributed by atoms with Crippen LogP contribution in [0.1, 0.15) is 37.0 Å². The van der Waals surface area contributed by atoms with Crippen LogP contribution < -0.4 is 4.90 Å². The fraction of sp³-hybridized carbons (Fsp3) is 0.316. The minimum Gasteiger partial charge on any atom is -0.288 e. The maximum Gasteiger partial charge on any atom is 0.133 e. The molecule has 0 spiro atoms. The quantitative estimate of drug-likeness (QED) is 0.631. The van der Waals surface area contributed by atoms with E-state index in [1.807, 2.05) is 13.0 Å². The molecule has 0 aliphatic carbocycles. The number of benzene rings is 1. The van der Waals surface area contributed by atoms with Gasteiger partial charge in [-0.3, -0.25) is 20.7 Å². The van der Waals surface area contributed by atoms with E-state index < -0.39 is 0 Å². The van der Waals surface area contributed by atoms with Crippen molar-refractivity contribution in [1.29, 1.82) is 10.8 Å². The highest BCUT2D eigenvalue weighted by molar-refractivity contribution is 6.17. The number of rotatable bonds is 2.